The Kier molecular flexibility index (Phi) is 6.22. The van der Waals surface area contributed by atoms with Crippen LogP contribution in [-0.2, 0) is 19.1 Å². The van der Waals surface area contributed by atoms with E-state index in [1.165, 1.54) is 4.90 Å². The van der Waals surface area contributed by atoms with Crippen molar-refractivity contribution in [3.05, 3.63) is 126 Å². The molecule has 0 bridgehead atoms. The Morgan fingerprint density at radius 1 is 0.750 bits per heavy atom. The van der Waals surface area contributed by atoms with Gasteiger partial charge in [0.05, 0.1) is 23.6 Å². The molecule has 0 unspecified atom stereocenters. The summed E-state index contributed by atoms with van der Waals surface area (Å²) in [6, 6.07) is 30.3. The zero-order valence-electron chi connectivity index (χ0n) is 23.6. The summed E-state index contributed by atoms with van der Waals surface area (Å²) in [6.45, 7) is 0.808. The monoisotopic (exact) mass is 584 g/mol. The van der Waals surface area contributed by atoms with Gasteiger partial charge in [0.25, 0.3) is 0 Å². The van der Waals surface area contributed by atoms with Crippen molar-refractivity contribution < 1.29 is 28.6 Å². The number of hydrogen-bond donors (Lipinski definition) is 0. The number of esters is 1. The summed E-state index contributed by atoms with van der Waals surface area (Å²) in [5.41, 5.74) is 3.71. The Bertz CT molecular complexity index is 1770. The van der Waals surface area contributed by atoms with Gasteiger partial charge in [-0.05, 0) is 34.9 Å². The maximum atomic E-state index is 14.5. The highest BCUT2D eigenvalue weighted by Crippen LogP contribution is 2.50. The van der Waals surface area contributed by atoms with Crippen molar-refractivity contribution >= 4 is 35.2 Å². The van der Waals surface area contributed by atoms with Gasteiger partial charge >= 0.3 is 5.97 Å². The van der Waals surface area contributed by atoms with Crippen molar-refractivity contribution in [2.24, 2.45) is 11.8 Å². The fourth-order valence-electron chi connectivity index (χ4n) is 6.98. The van der Waals surface area contributed by atoms with Gasteiger partial charge in [-0.25, -0.2) is 9.69 Å². The van der Waals surface area contributed by atoms with E-state index in [0.29, 0.717) is 30.4 Å². The van der Waals surface area contributed by atoms with Gasteiger partial charge in [-0.15, -0.1) is 0 Å². The second-order valence-electron chi connectivity index (χ2n) is 11.3. The molecule has 4 aromatic rings. The number of ether oxygens (including phenoxy) is 3. The second-order valence-corrected chi connectivity index (χ2v) is 11.3. The Morgan fingerprint density at radius 2 is 1.39 bits per heavy atom. The first-order valence-corrected chi connectivity index (χ1v) is 14.7. The van der Waals surface area contributed by atoms with Gasteiger partial charge in [0, 0.05) is 11.8 Å². The average molecular weight is 585 g/mol. The molecule has 0 aromatic heterocycles. The zero-order valence-corrected chi connectivity index (χ0v) is 23.6. The molecule has 8 rings (SSSR count). The molecule has 44 heavy (non-hydrogen) atoms. The summed E-state index contributed by atoms with van der Waals surface area (Å²) < 4.78 is 17.7. The Morgan fingerprint density at radius 3 is 2.11 bits per heavy atom. The number of rotatable bonds is 5. The van der Waals surface area contributed by atoms with Gasteiger partial charge in [-0.1, -0.05) is 91.0 Å². The predicted octanol–water partition coefficient (Wildman–Crippen LogP) is 5.18. The fraction of sp³-hybridized carbons (Fsp3) is 0.194. The topological polar surface area (TPSA) is 85.4 Å². The summed E-state index contributed by atoms with van der Waals surface area (Å²) >= 11 is 0. The normalized spacial score (nSPS) is 22.9. The minimum atomic E-state index is -1.02. The molecule has 218 valence electrons. The maximum absolute atomic E-state index is 14.5. The second kappa shape index (κ2) is 10.4. The van der Waals surface area contributed by atoms with Crippen molar-refractivity contribution in [2.45, 2.75) is 18.2 Å². The first-order valence-electron chi connectivity index (χ1n) is 14.7. The fourth-order valence-corrected chi connectivity index (χ4v) is 6.98. The van der Waals surface area contributed by atoms with Gasteiger partial charge in [-0.3, -0.25) is 9.59 Å². The number of nitrogens with zero attached hydrogens (tertiary/aromatic N) is 2. The van der Waals surface area contributed by atoms with Crippen molar-refractivity contribution in [1.82, 2.24) is 0 Å². The van der Waals surface area contributed by atoms with Gasteiger partial charge < -0.3 is 19.1 Å². The van der Waals surface area contributed by atoms with E-state index in [1.807, 2.05) is 102 Å². The summed E-state index contributed by atoms with van der Waals surface area (Å²) in [5, 5.41) is 0. The van der Waals surface area contributed by atoms with Crippen LogP contribution in [0, 0.1) is 11.8 Å². The van der Waals surface area contributed by atoms with E-state index in [9.17, 15) is 14.4 Å². The molecular weight excluding hydrogens is 556 g/mol. The summed E-state index contributed by atoms with van der Waals surface area (Å²) in [6.07, 6.45) is 3.19. The molecule has 0 aliphatic carbocycles. The largest absolute Gasteiger partial charge is 0.486 e. The van der Waals surface area contributed by atoms with Crippen molar-refractivity contribution in [1.29, 1.82) is 0 Å². The van der Waals surface area contributed by atoms with E-state index < -0.39 is 41.9 Å². The highest BCUT2D eigenvalue weighted by atomic mass is 16.6. The highest BCUT2D eigenvalue weighted by molar-refractivity contribution is 6.24. The molecule has 4 aromatic carbocycles. The predicted molar refractivity (Wildman–Crippen MR) is 163 cm³/mol. The summed E-state index contributed by atoms with van der Waals surface area (Å²) in [7, 11) is 0. The van der Waals surface area contributed by atoms with E-state index in [0.717, 1.165) is 22.4 Å². The summed E-state index contributed by atoms with van der Waals surface area (Å²) in [4.78, 5) is 46.1. The third-order valence-corrected chi connectivity index (χ3v) is 8.88. The van der Waals surface area contributed by atoms with Crippen LogP contribution in [0.4, 0.5) is 11.4 Å². The van der Waals surface area contributed by atoms with Crippen LogP contribution >= 0.6 is 0 Å². The molecule has 0 spiro atoms. The van der Waals surface area contributed by atoms with Crippen molar-refractivity contribution in [2.75, 3.05) is 23.0 Å². The van der Waals surface area contributed by atoms with Crippen LogP contribution in [0.3, 0.4) is 0 Å². The van der Waals surface area contributed by atoms with Crippen LogP contribution < -0.4 is 19.3 Å². The standard InChI is InChI=1S/C36H28N2O6/c39-34-30-27-17-15-22-9-7-8-14-26(22)38(27)32(31(30)35(40)37(34)25-16-18-28-29(21-25)43-20-19-42-28)36(41)44-33(23-10-3-1-4-11-23)24-12-5-2-6-13-24/h1-18,21,27,30-33H,19-20H2/t27-,30-,31+,32-/m1/s1. The SMILES string of the molecule is O=C(OC(c1ccccc1)c1ccccc1)[C@H]1[C@H]2C(=O)N(c3ccc4c(c3)OCCO4)C(=O)[C@@H]2[C@H]2C=Cc3ccccc3N21. The lowest BCUT2D eigenvalue weighted by Gasteiger charge is -2.36. The molecule has 8 heteroatoms. The van der Waals surface area contributed by atoms with Gasteiger partial charge in [0.15, 0.2) is 17.6 Å². The van der Waals surface area contributed by atoms with E-state index in [-0.39, 0.29) is 5.91 Å². The Labute approximate surface area is 254 Å². The minimum Gasteiger partial charge on any atom is -0.486 e. The molecular formula is C36H28N2O6. The zero-order chi connectivity index (χ0) is 29.8. The van der Waals surface area contributed by atoms with Crippen LogP contribution in [0.2, 0.25) is 0 Å². The minimum absolute atomic E-state index is 0.353. The number of benzene rings is 4. The average Bonchev–Trinajstić information content (AvgIpc) is 3.56. The molecule has 8 nitrogen and oxygen atoms in total. The number of carbonyl (C=O) groups is 3. The number of amides is 2. The number of fused-ring (bicyclic) bond motifs is 6. The van der Waals surface area contributed by atoms with Crippen LogP contribution in [0.5, 0.6) is 11.5 Å². The molecule has 4 atom stereocenters. The van der Waals surface area contributed by atoms with Gasteiger partial charge in [-0.2, -0.15) is 0 Å². The number of hydrogen-bond acceptors (Lipinski definition) is 7. The maximum Gasteiger partial charge on any atom is 0.330 e. The molecule has 0 N–H and O–H groups in total. The van der Waals surface area contributed by atoms with E-state index in [1.54, 1.807) is 18.2 Å². The van der Waals surface area contributed by atoms with Crippen LogP contribution in [0.15, 0.2) is 109 Å². The van der Waals surface area contributed by atoms with Crippen LogP contribution in [0.25, 0.3) is 6.08 Å². The lowest BCUT2D eigenvalue weighted by Crippen LogP contribution is -2.49. The summed E-state index contributed by atoms with van der Waals surface area (Å²) in [5.74, 6) is -2.03. The third kappa shape index (κ3) is 4.09. The van der Waals surface area contributed by atoms with Gasteiger partial charge in [0.1, 0.15) is 19.3 Å². The Hall–Kier alpha value is -5.37. The lowest BCUT2D eigenvalue weighted by atomic mass is 9.88. The molecule has 2 amide bonds. The quantitative estimate of drug-likeness (QED) is 0.236. The third-order valence-electron chi connectivity index (χ3n) is 8.88. The van der Waals surface area contributed by atoms with E-state index in [4.69, 9.17) is 14.2 Å². The van der Waals surface area contributed by atoms with E-state index >= 15 is 0 Å². The molecule has 4 heterocycles. The number of para-hydroxylation sites is 1. The first-order chi connectivity index (χ1) is 21.6. The lowest BCUT2D eigenvalue weighted by molar-refractivity contribution is -0.151. The molecule has 4 aliphatic rings. The molecule has 2 fully saturated rings. The number of imide groups is 1. The smallest absolute Gasteiger partial charge is 0.330 e. The number of anilines is 2. The van der Waals surface area contributed by atoms with E-state index in [2.05, 4.69) is 0 Å². The molecule has 0 saturated carbocycles. The molecule has 4 aliphatic heterocycles. The molecule has 2 saturated heterocycles. The Balaban J connectivity index is 1.21. The van der Waals surface area contributed by atoms with Gasteiger partial charge in [0.2, 0.25) is 11.8 Å². The van der Waals surface area contributed by atoms with Crippen LogP contribution in [0.1, 0.15) is 22.8 Å². The van der Waals surface area contributed by atoms with Crippen molar-refractivity contribution in [3.8, 4) is 11.5 Å². The first kappa shape index (κ1) is 26.3. The van der Waals surface area contributed by atoms with Crippen molar-refractivity contribution in [3.63, 3.8) is 0 Å². The highest BCUT2D eigenvalue weighted by Gasteiger charge is 2.65. The number of carbonyl (C=O) groups excluding carboxylic acids is 3. The van der Waals surface area contributed by atoms with Crippen LogP contribution in [-0.4, -0.2) is 43.1 Å². The molecule has 0 radical (unpaired) electrons.